The molecule has 0 aromatic heterocycles. The van der Waals surface area contributed by atoms with Crippen molar-refractivity contribution in [3.8, 4) is 28.7 Å². The second kappa shape index (κ2) is 17.2. The molecule has 0 bridgehead atoms. The molecule has 0 aliphatic carbocycles. The SMILES string of the molecule is COc1ccc(COc2cc(OCc3ccccc3)ccc2C=CC(=O)c2ccc(OCc3ccccc3)cc2OCc2ccccc2)cc1. The molecule has 0 saturated heterocycles. The van der Waals surface area contributed by atoms with E-state index in [4.69, 9.17) is 23.7 Å². The van der Waals surface area contributed by atoms with E-state index in [-0.39, 0.29) is 5.78 Å². The Hall–Kier alpha value is -6.27. The van der Waals surface area contributed by atoms with Crippen LogP contribution in [0.3, 0.4) is 0 Å². The monoisotopic (exact) mass is 662 g/mol. The number of ketones is 1. The molecule has 6 nitrogen and oxygen atoms in total. The van der Waals surface area contributed by atoms with E-state index in [0.29, 0.717) is 55.0 Å². The fourth-order valence-electron chi connectivity index (χ4n) is 5.14. The van der Waals surface area contributed by atoms with Gasteiger partial charge in [-0.05, 0) is 70.8 Å². The van der Waals surface area contributed by atoms with E-state index in [2.05, 4.69) is 0 Å². The summed E-state index contributed by atoms with van der Waals surface area (Å²) in [6.45, 7) is 1.45. The molecule has 0 fully saturated rings. The van der Waals surface area contributed by atoms with E-state index < -0.39 is 0 Å². The van der Waals surface area contributed by atoms with Crippen molar-refractivity contribution in [2.45, 2.75) is 26.4 Å². The van der Waals surface area contributed by atoms with Gasteiger partial charge in [-0.2, -0.15) is 0 Å². The minimum Gasteiger partial charge on any atom is -0.497 e. The Morgan fingerprint density at radius 3 is 1.46 bits per heavy atom. The van der Waals surface area contributed by atoms with Crippen LogP contribution < -0.4 is 23.7 Å². The highest BCUT2D eigenvalue weighted by molar-refractivity contribution is 6.08. The van der Waals surface area contributed by atoms with Crippen LogP contribution >= 0.6 is 0 Å². The molecule has 6 aromatic carbocycles. The van der Waals surface area contributed by atoms with Gasteiger partial charge in [-0.3, -0.25) is 4.79 Å². The van der Waals surface area contributed by atoms with E-state index >= 15 is 0 Å². The normalized spacial score (nSPS) is 10.8. The maximum atomic E-state index is 13.7. The van der Waals surface area contributed by atoms with Crippen LogP contribution in [0, 0.1) is 0 Å². The van der Waals surface area contributed by atoms with E-state index in [1.165, 1.54) is 6.08 Å². The number of benzene rings is 6. The Kier molecular flexibility index (Phi) is 11.6. The molecule has 0 amide bonds. The second-order valence-electron chi connectivity index (χ2n) is 11.5. The number of hydrogen-bond acceptors (Lipinski definition) is 6. The number of ether oxygens (including phenoxy) is 5. The van der Waals surface area contributed by atoms with Crippen LogP contribution in [0.4, 0.5) is 0 Å². The minimum absolute atomic E-state index is 0.215. The standard InChI is InChI=1S/C44H38O6/c1-46-38-21-17-36(18-22-38)32-49-43-27-39(47-29-33-11-5-2-6-12-33)23-19-37(43)20-26-42(45)41-25-24-40(48-30-34-13-7-3-8-14-34)28-44(41)50-31-35-15-9-4-10-16-35/h2-28H,29-32H2,1H3. The van der Waals surface area contributed by atoms with Crippen molar-refractivity contribution in [3.63, 3.8) is 0 Å². The van der Waals surface area contributed by atoms with Gasteiger partial charge in [0.15, 0.2) is 5.78 Å². The highest BCUT2D eigenvalue weighted by Crippen LogP contribution is 2.30. The predicted molar refractivity (Wildman–Crippen MR) is 196 cm³/mol. The van der Waals surface area contributed by atoms with Gasteiger partial charge in [0.25, 0.3) is 0 Å². The third-order valence-corrected chi connectivity index (χ3v) is 7.91. The van der Waals surface area contributed by atoms with Crippen molar-refractivity contribution in [1.82, 2.24) is 0 Å². The lowest BCUT2D eigenvalue weighted by Gasteiger charge is -2.14. The zero-order valence-electron chi connectivity index (χ0n) is 27.9. The Balaban J connectivity index is 1.22. The van der Waals surface area contributed by atoms with Gasteiger partial charge in [0.05, 0.1) is 12.7 Å². The molecule has 0 aliphatic heterocycles. The molecular weight excluding hydrogens is 624 g/mol. The fraction of sp³-hybridized carbons (Fsp3) is 0.114. The number of hydrogen-bond donors (Lipinski definition) is 0. The summed E-state index contributed by atoms with van der Waals surface area (Å²) in [5.74, 6) is 2.85. The molecule has 0 atom stereocenters. The Morgan fingerprint density at radius 1 is 0.480 bits per heavy atom. The molecule has 6 aromatic rings. The Labute approximate surface area is 293 Å². The molecule has 0 saturated carbocycles. The quantitative estimate of drug-likeness (QED) is 0.0760. The van der Waals surface area contributed by atoms with Crippen molar-refractivity contribution >= 4 is 11.9 Å². The van der Waals surface area contributed by atoms with Gasteiger partial charge in [0.2, 0.25) is 0 Å². The smallest absolute Gasteiger partial charge is 0.189 e. The summed E-state index contributed by atoms with van der Waals surface area (Å²) < 4.78 is 29.9. The minimum atomic E-state index is -0.215. The Morgan fingerprint density at radius 2 is 0.920 bits per heavy atom. The first-order valence-electron chi connectivity index (χ1n) is 16.4. The number of rotatable bonds is 16. The van der Waals surface area contributed by atoms with Crippen molar-refractivity contribution in [3.05, 3.63) is 191 Å². The van der Waals surface area contributed by atoms with Gasteiger partial charge in [-0.1, -0.05) is 103 Å². The second-order valence-corrected chi connectivity index (χ2v) is 11.5. The lowest BCUT2D eigenvalue weighted by Crippen LogP contribution is -2.04. The van der Waals surface area contributed by atoms with Crippen molar-refractivity contribution < 1.29 is 28.5 Å². The summed E-state index contributed by atoms with van der Waals surface area (Å²) in [4.78, 5) is 13.7. The topological polar surface area (TPSA) is 63.2 Å². The molecule has 6 heteroatoms. The van der Waals surface area contributed by atoms with Crippen molar-refractivity contribution in [2.24, 2.45) is 0 Å². The number of methoxy groups -OCH3 is 1. The van der Waals surface area contributed by atoms with Gasteiger partial charge < -0.3 is 23.7 Å². The largest absolute Gasteiger partial charge is 0.497 e. The first-order chi connectivity index (χ1) is 24.6. The lowest BCUT2D eigenvalue weighted by molar-refractivity contribution is 0.104. The fourth-order valence-corrected chi connectivity index (χ4v) is 5.14. The summed E-state index contributed by atoms with van der Waals surface area (Å²) in [5, 5.41) is 0. The van der Waals surface area contributed by atoms with Crippen LogP contribution in [-0.4, -0.2) is 12.9 Å². The van der Waals surface area contributed by atoms with Crippen molar-refractivity contribution in [2.75, 3.05) is 7.11 Å². The van der Waals surface area contributed by atoms with Crippen LogP contribution in [0.1, 0.15) is 38.2 Å². The molecule has 0 aliphatic rings. The maximum absolute atomic E-state index is 13.7. The summed E-state index contributed by atoms with van der Waals surface area (Å²) in [6.07, 6.45) is 3.29. The number of carbonyl (C=O) groups is 1. The molecule has 0 radical (unpaired) electrons. The summed E-state index contributed by atoms with van der Waals surface area (Å²) in [6, 6.07) is 48.4. The third kappa shape index (κ3) is 9.64. The van der Waals surface area contributed by atoms with Crippen LogP contribution in [0.2, 0.25) is 0 Å². The molecule has 0 N–H and O–H groups in total. The molecule has 0 spiro atoms. The number of allylic oxidation sites excluding steroid dienone is 1. The zero-order valence-corrected chi connectivity index (χ0v) is 27.9. The van der Waals surface area contributed by atoms with E-state index in [1.807, 2.05) is 133 Å². The Bertz CT molecular complexity index is 1990. The zero-order chi connectivity index (χ0) is 34.4. The molecule has 0 heterocycles. The van der Waals surface area contributed by atoms with E-state index in [1.54, 1.807) is 31.4 Å². The number of carbonyl (C=O) groups excluding carboxylic acids is 1. The van der Waals surface area contributed by atoms with Gasteiger partial charge in [-0.15, -0.1) is 0 Å². The van der Waals surface area contributed by atoms with Gasteiger partial charge in [-0.25, -0.2) is 0 Å². The summed E-state index contributed by atoms with van der Waals surface area (Å²) >= 11 is 0. The molecular formula is C44H38O6. The first-order valence-corrected chi connectivity index (χ1v) is 16.4. The summed E-state index contributed by atoms with van der Waals surface area (Å²) in [7, 11) is 1.64. The molecule has 250 valence electrons. The van der Waals surface area contributed by atoms with Crippen molar-refractivity contribution in [1.29, 1.82) is 0 Å². The predicted octanol–water partition coefficient (Wildman–Crippen LogP) is 9.91. The first kappa shape index (κ1) is 33.6. The van der Waals surface area contributed by atoms with E-state index in [0.717, 1.165) is 33.6 Å². The van der Waals surface area contributed by atoms with Crippen LogP contribution in [0.5, 0.6) is 28.7 Å². The van der Waals surface area contributed by atoms with Crippen LogP contribution in [-0.2, 0) is 26.4 Å². The maximum Gasteiger partial charge on any atom is 0.189 e. The van der Waals surface area contributed by atoms with E-state index in [9.17, 15) is 4.79 Å². The molecule has 50 heavy (non-hydrogen) atoms. The molecule has 0 unspecified atom stereocenters. The lowest BCUT2D eigenvalue weighted by atomic mass is 10.1. The van der Waals surface area contributed by atoms with Crippen LogP contribution in [0.25, 0.3) is 6.08 Å². The van der Waals surface area contributed by atoms with Gasteiger partial charge in [0, 0.05) is 17.7 Å². The average Bonchev–Trinajstić information content (AvgIpc) is 3.18. The summed E-state index contributed by atoms with van der Waals surface area (Å²) in [5.41, 5.74) is 5.22. The average molecular weight is 663 g/mol. The van der Waals surface area contributed by atoms with Gasteiger partial charge in [0.1, 0.15) is 55.2 Å². The highest BCUT2D eigenvalue weighted by atomic mass is 16.5. The molecule has 6 rings (SSSR count). The van der Waals surface area contributed by atoms with Gasteiger partial charge >= 0.3 is 0 Å². The third-order valence-electron chi connectivity index (χ3n) is 7.91. The highest BCUT2D eigenvalue weighted by Gasteiger charge is 2.14. The van der Waals surface area contributed by atoms with Crippen LogP contribution in [0.15, 0.2) is 158 Å².